The van der Waals surface area contributed by atoms with Crippen molar-refractivity contribution in [1.29, 1.82) is 0 Å². The first-order valence-corrected chi connectivity index (χ1v) is 1.62. The van der Waals surface area contributed by atoms with Gasteiger partial charge in [0, 0.05) is 24.1 Å². The Hall–Kier alpha value is 0.339. The first kappa shape index (κ1) is 9.60. The molecule has 0 heterocycles. The van der Waals surface area contributed by atoms with E-state index in [4.69, 9.17) is 0 Å². The molecule has 0 aliphatic carbocycles. The molecule has 0 rings (SSSR count). The van der Waals surface area contributed by atoms with E-state index < -0.39 is 0 Å². The van der Waals surface area contributed by atoms with Crippen molar-refractivity contribution in [2.45, 2.75) is 0 Å². The molecule has 0 aromatic heterocycles. The molecule has 1 N–H and O–H groups in total. The van der Waals surface area contributed by atoms with Gasteiger partial charge in [-0.1, -0.05) is 12.6 Å². The summed E-state index contributed by atoms with van der Waals surface area (Å²) in [5.41, 5.74) is 0. The Morgan fingerprint density at radius 1 is 1.83 bits per heavy atom. The minimum absolute atomic E-state index is 0. The topological polar surface area (TPSA) is 29.1 Å². The van der Waals surface area contributed by atoms with Crippen LogP contribution in [0.3, 0.4) is 0 Å². The summed E-state index contributed by atoms with van der Waals surface area (Å²) >= 11 is 3.35. The molecule has 1 amide bonds. The monoisotopic (exact) mass is 154 g/mol. The quantitative estimate of drug-likeness (QED) is 0.380. The van der Waals surface area contributed by atoms with Crippen molar-refractivity contribution in [2.24, 2.45) is 0 Å². The standard InChI is InChI=1S/C2H5NOS.Cu/c1-3-2(4)5;/h1H3,(H2,3,4,5);. The van der Waals surface area contributed by atoms with Crippen molar-refractivity contribution < 1.29 is 21.9 Å². The van der Waals surface area contributed by atoms with Crippen molar-refractivity contribution in [3.8, 4) is 0 Å². The summed E-state index contributed by atoms with van der Waals surface area (Å²) in [6, 6.07) is 0. The molecule has 41 valence electrons. The van der Waals surface area contributed by atoms with Crippen molar-refractivity contribution in [2.75, 3.05) is 7.05 Å². The van der Waals surface area contributed by atoms with E-state index >= 15 is 0 Å². The fraction of sp³-hybridized carbons (Fsp3) is 0.500. The summed E-state index contributed by atoms with van der Waals surface area (Å²) in [6.45, 7) is 0. The van der Waals surface area contributed by atoms with Crippen LogP contribution >= 0.6 is 12.6 Å². The Kier molecular flexibility index (Phi) is 8.54. The van der Waals surface area contributed by atoms with Crippen LogP contribution in [0.1, 0.15) is 0 Å². The number of carbonyl (C=O) groups excluding carboxylic acids is 1. The molecule has 0 aromatic rings. The molecule has 0 bridgehead atoms. The molecule has 4 heteroatoms. The van der Waals surface area contributed by atoms with Crippen LogP contribution < -0.4 is 5.32 Å². The van der Waals surface area contributed by atoms with Gasteiger partial charge in [0.05, 0.1) is 0 Å². The van der Waals surface area contributed by atoms with Crippen molar-refractivity contribution in [3.63, 3.8) is 0 Å². The zero-order valence-electron chi connectivity index (χ0n) is 3.16. The van der Waals surface area contributed by atoms with Crippen LogP contribution in [0.5, 0.6) is 0 Å². The van der Waals surface area contributed by atoms with Crippen LogP contribution in [0.2, 0.25) is 0 Å². The summed E-state index contributed by atoms with van der Waals surface area (Å²) < 4.78 is 0. The summed E-state index contributed by atoms with van der Waals surface area (Å²) in [5, 5.41) is 1.95. The molecule has 0 aliphatic rings. The molecule has 0 atom stereocenters. The predicted octanol–water partition coefficient (Wildman–Crippen LogP) is 0.253. The van der Waals surface area contributed by atoms with Gasteiger partial charge in [-0.25, -0.2) is 0 Å². The number of carbonyl (C=O) groups is 1. The van der Waals surface area contributed by atoms with Gasteiger partial charge in [-0.05, 0) is 0 Å². The number of amides is 1. The second-order valence-electron chi connectivity index (χ2n) is 0.555. The minimum atomic E-state index is -0.301. The van der Waals surface area contributed by atoms with Gasteiger partial charge in [0.2, 0.25) is 0 Å². The van der Waals surface area contributed by atoms with Gasteiger partial charge in [0.1, 0.15) is 0 Å². The molecule has 0 spiro atoms. The number of nitrogens with one attached hydrogen (secondary N) is 1. The van der Waals surface area contributed by atoms with Crippen LogP contribution in [0, 0.1) is 0 Å². The first-order valence-electron chi connectivity index (χ1n) is 1.18. The summed E-state index contributed by atoms with van der Waals surface area (Å²) in [7, 11) is 1.52. The molecular formula is C2H5CuNOS. The molecule has 0 unspecified atom stereocenters. The van der Waals surface area contributed by atoms with E-state index in [0.29, 0.717) is 0 Å². The van der Waals surface area contributed by atoms with Crippen LogP contribution in [0.4, 0.5) is 4.79 Å². The first-order chi connectivity index (χ1) is 2.27. The van der Waals surface area contributed by atoms with Gasteiger partial charge in [-0.15, -0.1) is 0 Å². The van der Waals surface area contributed by atoms with E-state index in [1.165, 1.54) is 7.05 Å². The molecule has 6 heavy (non-hydrogen) atoms. The Morgan fingerprint density at radius 2 is 2.00 bits per heavy atom. The molecule has 0 saturated heterocycles. The van der Waals surface area contributed by atoms with Gasteiger partial charge in [0.25, 0.3) is 5.24 Å². The molecule has 0 aromatic carbocycles. The van der Waals surface area contributed by atoms with Gasteiger partial charge in [0.15, 0.2) is 0 Å². The SMILES string of the molecule is CNC(=O)S.[Cu]. The average Bonchev–Trinajstić information content (AvgIpc) is 1.38. The van der Waals surface area contributed by atoms with E-state index in [9.17, 15) is 4.79 Å². The normalized spacial score (nSPS) is 5.67. The van der Waals surface area contributed by atoms with Crippen LogP contribution in [0.25, 0.3) is 0 Å². The van der Waals surface area contributed by atoms with Crippen molar-refractivity contribution >= 4 is 17.9 Å². The fourth-order valence-corrected chi connectivity index (χ4v) is 0. The van der Waals surface area contributed by atoms with E-state index in [2.05, 4.69) is 17.9 Å². The molecule has 2 nitrogen and oxygen atoms in total. The zero-order chi connectivity index (χ0) is 4.28. The molecule has 1 radical (unpaired) electrons. The third kappa shape index (κ3) is 8.84. The second kappa shape index (κ2) is 5.34. The minimum Gasteiger partial charge on any atom is -0.350 e. The number of thiol groups is 1. The largest absolute Gasteiger partial charge is 0.350 e. The summed E-state index contributed by atoms with van der Waals surface area (Å²) in [5.74, 6) is 0. The maximum absolute atomic E-state index is 9.57. The number of hydrogen-bond acceptors (Lipinski definition) is 1. The third-order valence-electron chi connectivity index (χ3n) is 0.214. The van der Waals surface area contributed by atoms with Gasteiger partial charge >= 0.3 is 0 Å². The van der Waals surface area contributed by atoms with E-state index in [1.54, 1.807) is 0 Å². The predicted molar refractivity (Wildman–Crippen MR) is 23.4 cm³/mol. The number of rotatable bonds is 0. The van der Waals surface area contributed by atoms with Crippen molar-refractivity contribution in [3.05, 3.63) is 0 Å². The maximum Gasteiger partial charge on any atom is 0.275 e. The van der Waals surface area contributed by atoms with Gasteiger partial charge in [-0.2, -0.15) is 0 Å². The summed E-state index contributed by atoms with van der Waals surface area (Å²) in [6.07, 6.45) is 0. The Labute approximate surface area is 52.6 Å². The smallest absolute Gasteiger partial charge is 0.275 e. The maximum atomic E-state index is 9.57. The summed E-state index contributed by atoms with van der Waals surface area (Å²) in [4.78, 5) is 9.57. The molecular weight excluding hydrogens is 150 g/mol. The Morgan fingerprint density at radius 3 is 2.00 bits per heavy atom. The van der Waals surface area contributed by atoms with Crippen molar-refractivity contribution in [1.82, 2.24) is 5.32 Å². The zero-order valence-corrected chi connectivity index (χ0v) is 4.99. The third-order valence-corrected chi connectivity index (χ3v) is 0.437. The van der Waals surface area contributed by atoms with Crippen LogP contribution in [-0.4, -0.2) is 12.3 Å². The molecule has 0 saturated carbocycles. The molecule has 0 fully saturated rings. The van der Waals surface area contributed by atoms with E-state index in [0.717, 1.165) is 0 Å². The Balaban J connectivity index is 0. The van der Waals surface area contributed by atoms with Gasteiger partial charge < -0.3 is 5.32 Å². The van der Waals surface area contributed by atoms with E-state index in [-0.39, 0.29) is 22.3 Å². The fourth-order valence-electron chi connectivity index (χ4n) is 0. The Bertz CT molecular complexity index is 48.8. The van der Waals surface area contributed by atoms with E-state index in [1.807, 2.05) is 0 Å². The molecule has 0 aliphatic heterocycles. The van der Waals surface area contributed by atoms with Gasteiger partial charge in [-0.3, -0.25) is 4.79 Å². The van der Waals surface area contributed by atoms with Crippen LogP contribution in [0.15, 0.2) is 0 Å². The number of hydrogen-bond donors (Lipinski definition) is 2. The second-order valence-corrected chi connectivity index (χ2v) is 0.961. The van der Waals surface area contributed by atoms with Crippen LogP contribution in [-0.2, 0) is 17.1 Å². The average molecular weight is 155 g/mol.